The molecule has 6 aromatic carbocycles. The first-order chi connectivity index (χ1) is 17.3. The highest BCUT2D eigenvalue weighted by Gasteiger charge is 2.18. The topological polar surface area (TPSA) is 4.93 Å². The molecular formula is C33H21NS. The fourth-order valence-electron chi connectivity index (χ4n) is 6.09. The van der Waals surface area contributed by atoms with Gasteiger partial charge in [0, 0.05) is 48.9 Å². The zero-order chi connectivity index (χ0) is 23.1. The summed E-state index contributed by atoms with van der Waals surface area (Å²) in [5.74, 6) is 0. The lowest BCUT2D eigenvalue weighted by Gasteiger charge is -2.09. The van der Waals surface area contributed by atoms with Crippen LogP contribution in [0.3, 0.4) is 0 Å². The van der Waals surface area contributed by atoms with Crippen molar-refractivity contribution >= 4 is 74.9 Å². The molecule has 35 heavy (non-hydrogen) atoms. The van der Waals surface area contributed by atoms with E-state index < -0.39 is 0 Å². The lowest BCUT2D eigenvalue weighted by Crippen LogP contribution is -1.91. The standard InChI is InChI=1S/C33H21NS/c1-34-32-21(20-17-18-25-24-11-6-7-16-29(24)35-30(25)19-20)14-8-15-28(32)31-26-12-4-2-9-22(26)23-10-3-5-13-27(23)33(31)34/h2-19H,1H3. The monoisotopic (exact) mass is 463 g/mol. The number of hydrogen-bond acceptors (Lipinski definition) is 1. The van der Waals surface area contributed by atoms with Gasteiger partial charge in [-0.1, -0.05) is 97.1 Å². The summed E-state index contributed by atoms with van der Waals surface area (Å²) in [6.07, 6.45) is 0. The van der Waals surface area contributed by atoms with Crippen molar-refractivity contribution in [3.63, 3.8) is 0 Å². The van der Waals surface area contributed by atoms with E-state index in [4.69, 9.17) is 0 Å². The first-order valence-corrected chi connectivity index (χ1v) is 12.8. The molecule has 0 aliphatic rings. The van der Waals surface area contributed by atoms with Gasteiger partial charge in [0.1, 0.15) is 0 Å². The number of fused-ring (bicyclic) bond motifs is 11. The quantitative estimate of drug-likeness (QED) is 0.214. The summed E-state index contributed by atoms with van der Waals surface area (Å²) in [7, 11) is 2.23. The number of para-hydroxylation sites is 1. The number of benzene rings is 6. The Labute approximate surface area is 206 Å². The van der Waals surface area contributed by atoms with E-state index in [9.17, 15) is 0 Å². The molecular weight excluding hydrogens is 442 g/mol. The lowest BCUT2D eigenvalue weighted by molar-refractivity contribution is 1.02. The Balaban J connectivity index is 1.53. The molecule has 0 aliphatic heterocycles. The molecule has 0 aliphatic carbocycles. The van der Waals surface area contributed by atoms with Crippen molar-refractivity contribution in [2.45, 2.75) is 0 Å². The van der Waals surface area contributed by atoms with Crippen LogP contribution in [0.1, 0.15) is 0 Å². The van der Waals surface area contributed by atoms with Crippen LogP contribution in [0.2, 0.25) is 0 Å². The minimum Gasteiger partial charge on any atom is -0.343 e. The third-order valence-corrected chi connectivity index (χ3v) is 8.71. The summed E-state index contributed by atoms with van der Waals surface area (Å²) < 4.78 is 5.11. The van der Waals surface area contributed by atoms with E-state index in [1.54, 1.807) is 0 Å². The largest absolute Gasteiger partial charge is 0.343 e. The molecule has 2 heterocycles. The van der Waals surface area contributed by atoms with Crippen LogP contribution in [-0.2, 0) is 7.05 Å². The van der Waals surface area contributed by atoms with E-state index in [-0.39, 0.29) is 0 Å². The van der Waals surface area contributed by atoms with Crippen molar-refractivity contribution < 1.29 is 0 Å². The van der Waals surface area contributed by atoms with Crippen LogP contribution >= 0.6 is 11.3 Å². The Hall–Kier alpha value is -4.14. The maximum absolute atomic E-state index is 2.42. The molecule has 0 spiro atoms. The zero-order valence-electron chi connectivity index (χ0n) is 19.2. The molecule has 0 atom stereocenters. The van der Waals surface area contributed by atoms with Gasteiger partial charge in [0.25, 0.3) is 0 Å². The van der Waals surface area contributed by atoms with Crippen LogP contribution in [-0.4, -0.2) is 4.57 Å². The second kappa shape index (κ2) is 6.94. The Morgan fingerprint density at radius 3 is 1.94 bits per heavy atom. The van der Waals surface area contributed by atoms with E-state index in [1.165, 1.54) is 74.6 Å². The van der Waals surface area contributed by atoms with Gasteiger partial charge in [-0.3, -0.25) is 0 Å². The molecule has 0 unspecified atom stereocenters. The van der Waals surface area contributed by atoms with E-state index in [1.807, 2.05) is 11.3 Å². The second-order valence-electron chi connectivity index (χ2n) is 9.38. The molecule has 0 bridgehead atoms. The Kier molecular flexibility index (Phi) is 3.81. The van der Waals surface area contributed by atoms with Crippen LogP contribution in [0.25, 0.3) is 74.6 Å². The van der Waals surface area contributed by atoms with Gasteiger partial charge in [0.05, 0.1) is 11.0 Å². The third-order valence-electron chi connectivity index (χ3n) is 7.57. The van der Waals surface area contributed by atoms with Gasteiger partial charge in [-0.2, -0.15) is 0 Å². The lowest BCUT2D eigenvalue weighted by atomic mass is 9.96. The highest BCUT2D eigenvalue weighted by atomic mass is 32.1. The van der Waals surface area contributed by atoms with Crippen LogP contribution in [0.5, 0.6) is 0 Å². The maximum atomic E-state index is 2.42. The normalized spacial score (nSPS) is 12.1. The number of rotatable bonds is 1. The molecule has 1 nitrogen and oxygen atoms in total. The molecule has 8 rings (SSSR count). The van der Waals surface area contributed by atoms with Crippen molar-refractivity contribution in [3.05, 3.63) is 109 Å². The second-order valence-corrected chi connectivity index (χ2v) is 10.5. The van der Waals surface area contributed by atoms with Crippen molar-refractivity contribution in [3.8, 4) is 11.1 Å². The molecule has 0 radical (unpaired) electrons. The first-order valence-electron chi connectivity index (χ1n) is 12.0. The zero-order valence-corrected chi connectivity index (χ0v) is 20.1. The molecule has 0 amide bonds. The van der Waals surface area contributed by atoms with Gasteiger partial charge in [-0.05, 0) is 33.9 Å². The molecule has 0 fully saturated rings. The summed E-state index contributed by atoms with van der Waals surface area (Å²) in [4.78, 5) is 0. The molecule has 2 heteroatoms. The number of thiophene rings is 1. The number of nitrogens with zero attached hydrogens (tertiary/aromatic N) is 1. The predicted octanol–water partition coefficient (Wildman–Crippen LogP) is 9.67. The molecule has 2 aromatic heterocycles. The highest BCUT2D eigenvalue weighted by Crippen LogP contribution is 2.44. The molecule has 164 valence electrons. The van der Waals surface area contributed by atoms with Gasteiger partial charge in [0.15, 0.2) is 0 Å². The minimum atomic E-state index is 1.27. The Bertz CT molecular complexity index is 2120. The predicted molar refractivity (Wildman–Crippen MR) is 154 cm³/mol. The van der Waals surface area contributed by atoms with Gasteiger partial charge in [0.2, 0.25) is 0 Å². The average molecular weight is 464 g/mol. The van der Waals surface area contributed by atoms with Crippen molar-refractivity contribution in [2.24, 2.45) is 7.05 Å². The molecule has 0 saturated heterocycles. The summed E-state index contributed by atoms with van der Waals surface area (Å²) >= 11 is 1.88. The highest BCUT2D eigenvalue weighted by molar-refractivity contribution is 7.25. The summed E-state index contributed by atoms with van der Waals surface area (Å²) in [5.41, 5.74) is 5.16. The number of aromatic nitrogens is 1. The van der Waals surface area contributed by atoms with Crippen LogP contribution in [0.15, 0.2) is 109 Å². The fourth-order valence-corrected chi connectivity index (χ4v) is 7.23. The minimum absolute atomic E-state index is 1.27. The maximum Gasteiger partial charge on any atom is 0.0575 e. The smallest absolute Gasteiger partial charge is 0.0575 e. The van der Waals surface area contributed by atoms with Crippen molar-refractivity contribution in [2.75, 3.05) is 0 Å². The van der Waals surface area contributed by atoms with E-state index in [0.717, 1.165) is 0 Å². The molecule has 0 N–H and O–H groups in total. The van der Waals surface area contributed by atoms with Crippen LogP contribution < -0.4 is 0 Å². The third kappa shape index (κ3) is 2.52. The van der Waals surface area contributed by atoms with Gasteiger partial charge in [-0.15, -0.1) is 11.3 Å². The average Bonchev–Trinajstić information content (AvgIpc) is 3.44. The Morgan fingerprint density at radius 2 is 1.11 bits per heavy atom. The molecule has 0 saturated carbocycles. The van der Waals surface area contributed by atoms with Gasteiger partial charge < -0.3 is 4.57 Å². The molecule has 8 aromatic rings. The van der Waals surface area contributed by atoms with Crippen LogP contribution in [0, 0.1) is 0 Å². The van der Waals surface area contributed by atoms with Crippen molar-refractivity contribution in [1.82, 2.24) is 4.57 Å². The number of aryl methyl sites for hydroxylation is 1. The number of hydrogen-bond donors (Lipinski definition) is 0. The SMILES string of the molecule is Cn1c2c(-c3ccc4c(c3)sc3ccccc34)cccc2c2c3ccccc3c3ccccc3c21. The van der Waals surface area contributed by atoms with Gasteiger partial charge >= 0.3 is 0 Å². The summed E-state index contributed by atoms with van der Waals surface area (Å²) in [5, 5.41) is 10.6. The fraction of sp³-hybridized carbons (Fsp3) is 0.0303. The van der Waals surface area contributed by atoms with Crippen molar-refractivity contribution in [1.29, 1.82) is 0 Å². The van der Waals surface area contributed by atoms with E-state index >= 15 is 0 Å². The Morgan fingerprint density at radius 1 is 0.486 bits per heavy atom. The van der Waals surface area contributed by atoms with Gasteiger partial charge in [-0.25, -0.2) is 0 Å². The first kappa shape index (κ1) is 19.2. The van der Waals surface area contributed by atoms with E-state index in [0.29, 0.717) is 0 Å². The van der Waals surface area contributed by atoms with Crippen LogP contribution in [0.4, 0.5) is 0 Å². The summed E-state index contributed by atoms with van der Waals surface area (Å²) in [6.45, 7) is 0. The summed E-state index contributed by atoms with van der Waals surface area (Å²) in [6, 6.07) is 40.2. The van der Waals surface area contributed by atoms with E-state index in [2.05, 4.69) is 121 Å².